The molecule has 1 fully saturated rings. The zero-order valence-corrected chi connectivity index (χ0v) is 12.0. The highest BCUT2D eigenvalue weighted by atomic mass is 16.3. The van der Waals surface area contributed by atoms with Gasteiger partial charge < -0.3 is 14.6 Å². The lowest BCUT2D eigenvalue weighted by molar-refractivity contribution is 0.0248. The SMILES string of the molecule is CC1CCN(C(=O)c2ccc(-n3ccnc3)cc2)CC1O. The van der Waals surface area contributed by atoms with Crippen LogP contribution in [0.5, 0.6) is 0 Å². The quantitative estimate of drug-likeness (QED) is 0.914. The van der Waals surface area contributed by atoms with Crippen LogP contribution in [-0.4, -0.2) is 44.7 Å². The van der Waals surface area contributed by atoms with Gasteiger partial charge in [-0.25, -0.2) is 4.98 Å². The van der Waals surface area contributed by atoms with E-state index in [2.05, 4.69) is 4.98 Å². The van der Waals surface area contributed by atoms with Gasteiger partial charge in [0.25, 0.3) is 5.91 Å². The molecule has 1 amide bonds. The van der Waals surface area contributed by atoms with Crippen molar-refractivity contribution in [2.75, 3.05) is 13.1 Å². The zero-order chi connectivity index (χ0) is 14.8. The number of likely N-dealkylation sites (tertiary alicyclic amines) is 1. The molecule has 1 saturated heterocycles. The normalized spacial score (nSPS) is 22.3. The van der Waals surface area contributed by atoms with E-state index in [0.717, 1.165) is 12.1 Å². The number of carbonyl (C=O) groups is 1. The van der Waals surface area contributed by atoms with Gasteiger partial charge in [0.1, 0.15) is 0 Å². The van der Waals surface area contributed by atoms with Gasteiger partial charge in [0.05, 0.1) is 12.4 Å². The van der Waals surface area contributed by atoms with Crippen LogP contribution in [0.4, 0.5) is 0 Å². The van der Waals surface area contributed by atoms with Crippen molar-refractivity contribution in [1.82, 2.24) is 14.5 Å². The van der Waals surface area contributed by atoms with Crippen molar-refractivity contribution >= 4 is 5.91 Å². The number of piperidine rings is 1. The van der Waals surface area contributed by atoms with Crippen LogP contribution >= 0.6 is 0 Å². The molecule has 5 nitrogen and oxygen atoms in total. The summed E-state index contributed by atoms with van der Waals surface area (Å²) in [5, 5.41) is 9.91. The number of hydrogen-bond acceptors (Lipinski definition) is 3. The number of β-amino-alcohol motifs (C(OH)–C–C–N with tert-alkyl or cyclic N) is 1. The molecule has 0 saturated carbocycles. The fourth-order valence-corrected chi connectivity index (χ4v) is 2.60. The van der Waals surface area contributed by atoms with Gasteiger partial charge in [-0.05, 0) is 36.6 Å². The van der Waals surface area contributed by atoms with Crippen LogP contribution in [0, 0.1) is 5.92 Å². The Morgan fingerprint density at radius 3 is 2.71 bits per heavy atom. The first kappa shape index (κ1) is 13.8. The van der Waals surface area contributed by atoms with Crippen molar-refractivity contribution in [3.63, 3.8) is 0 Å². The lowest BCUT2D eigenvalue weighted by atomic mass is 9.95. The molecule has 5 heteroatoms. The first-order valence-electron chi connectivity index (χ1n) is 7.21. The number of aliphatic hydroxyl groups is 1. The standard InChI is InChI=1S/C16H19N3O2/c1-12-6-8-18(10-15(12)20)16(21)13-2-4-14(5-3-13)19-9-7-17-11-19/h2-5,7,9,11-12,15,20H,6,8,10H2,1H3. The molecule has 0 spiro atoms. The third kappa shape index (κ3) is 2.83. The number of imidazole rings is 1. The summed E-state index contributed by atoms with van der Waals surface area (Å²) >= 11 is 0. The maximum Gasteiger partial charge on any atom is 0.253 e. The second-order valence-corrected chi connectivity index (χ2v) is 5.60. The van der Waals surface area contributed by atoms with Gasteiger partial charge in [-0.2, -0.15) is 0 Å². The largest absolute Gasteiger partial charge is 0.391 e. The molecule has 2 heterocycles. The summed E-state index contributed by atoms with van der Waals surface area (Å²) in [5.41, 5.74) is 1.62. The minimum Gasteiger partial charge on any atom is -0.391 e. The molecule has 0 bridgehead atoms. The summed E-state index contributed by atoms with van der Waals surface area (Å²) in [4.78, 5) is 18.2. The fourth-order valence-electron chi connectivity index (χ4n) is 2.60. The van der Waals surface area contributed by atoms with E-state index in [1.807, 2.05) is 42.0 Å². The summed E-state index contributed by atoms with van der Waals surface area (Å²) in [6.45, 7) is 3.15. The number of nitrogens with zero attached hydrogens (tertiary/aromatic N) is 3. The summed E-state index contributed by atoms with van der Waals surface area (Å²) in [7, 11) is 0. The molecule has 110 valence electrons. The smallest absolute Gasteiger partial charge is 0.253 e. The number of amides is 1. The van der Waals surface area contributed by atoms with Crippen LogP contribution < -0.4 is 0 Å². The molecule has 1 aromatic heterocycles. The molecule has 1 aromatic carbocycles. The third-order valence-electron chi connectivity index (χ3n) is 4.12. The average molecular weight is 285 g/mol. The van der Waals surface area contributed by atoms with E-state index in [4.69, 9.17) is 0 Å². The Morgan fingerprint density at radius 1 is 1.33 bits per heavy atom. The molecule has 0 radical (unpaired) electrons. The summed E-state index contributed by atoms with van der Waals surface area (Å²) in [5.74, 6) is 0.246. The van der Waals surface area contributed by atoms with Crippen molar-refractivity contribution in [2.24, 2.45) is 5.92 Å². The number of rotatable bonds is 2. The highest BCUT2D eigenvalue weighted by Gasteiger charge is 2.27. The third-order valence-corrected chi connectivity index (χ3v) is 4.12. The molecule has 2 atom stereocenters. The average Bonchev–Trinajstić information content (AvgIpc) is 3.04. The van der Waals surface area contributed by atoms with E-state index in [1.165, 1.54) is 0 Å². The zero-order valence-electron chi connectivity index (χ0n) is 12.0. The molecule has 0 aliphatic carbocycles. The second-order valence-electron chi connectivity index (χ2n) is 5.60. The minimum absolute atomic E-state index is 0.0156. The van der Waals surface area contributed by atoms with E-state index in [0.29, 0.717) is 18.7 Å². The van der Waals surface area contributed by atoms with Gasteiger partial charge in [-0.15, -0.1) is 0 Å². The molecule has 1 aliphatic heterocycles. The number of carbonyl (C=O) groups excluding carboxylic acids is 1. The van der Waals surface area contributed by atoms with Crippen molar-refractivity contribution < 1.29 is 9.90 Å². The maximum absolute atomic E-state index is 12.4. The van der Waals surface area contributed by atoms with E-state index in [9.17, 15) is 9.90 Å². The van der Waals surface area contributed by atoms with Gasteiger partial charge in [0.2, 0.25) is 0 Å². The Kier molecular flexibility index (Phi) is 3.75. The number of aromatic nitrogens is 2. The van der Waals surface area contributed by atoms with E-state index in [1.54, 1.807) is 17.4 Å². The van der Waals surface area contributed by atoms with Crippen LogP contribution in [-0.2, 0) is 0 Å². The molecule has 21 heavy (non-hydrogen) atoms. The van der Waals surface area contributed by atoms with Crippen molar-refractivity contribution in [3.8, 4) is 5.69 Å². The van der Waals surface area contributed by atoms with Gasteiger partial charge in [-0.1, -0.05) is 6.92 Å². The summed E-state index contributed by atoms with van der Waals surface area (Å²) < 4.78 is 1.89. The molecule has 2 aromatic rings. The number of hydrogen-bond donors (Lipinski definition) is 1. The van der Waals surface area contributed by atoms with Crippen LogP contribution in [0.1, 0.15) is 23.7 Å². The van der Waals surface area contributed by atoms with Gasteiger partial charge in [0, 0.05) is 36.7 Å². The summed E-state index contributed by atoms with van der Waals surface area (Å²) in [6, 6.07) is 7.44. The first-order valence-corrected chi connectivity index (χ1v) is 7.21. The Hall–Kier alpha value is -2.14. The maximum atomic E-state index is 12.4. The Balaban J connectivity index is 1.73. The van der Waals surface area contributed by atoms with Crippen LogP contribution in [0.15, 0.2) is 43.0 Å². The van der Waals surface area contributed by atoms with Crippen molar-refractivity contribution in [1.29, 1.82) is 0 Å². The molecular weight excluding hydrogens is 266 g/mol. The second kappa shape index (κ2) is 5.69. The molecule has 1 aliphatic rings. The van der Waals surface area contributed by atoms with Crippen LogP contribution in [0.25, 0.3) is 5.69 Å². The van der Waals surface area contributed by atoms with Crippen LogP contribution in [0.3, 0.4) is 0 Å². The van der Waals surface area contributed by atoms with Gasteiger partial charge in [-0.3, -0.25) is 4.79 Å². The predicted octanol–water partition coefficient (Wildman–Crippen LogP) is 1.72. The lowest BCUT2D eigenvalue weighted by Gasteiger charge is -2.34. The Bertz CT molecular complexity index is 607. The predicted molar refractivity (Wildman–Crippen MR) is 79.3 cm³/mol. The number of aliphatic hydroxyl groups excluding tert-OH is 1. The fraction of sp³-hybridized carbons (Fsp3) is 0.375. The van der Waals surface area contributed by atoms with Gasteiger partial charge in [0.15, 0.2) is 0 Å². The van der Waals surface area contributed by atoms with E-state index >= 15 is 0 Å². The van der Waals surface area contributed by atoms with E-state index < -0.39 is 6.10 Å². The highest BCUT2D eigenvalue weighted by molar-refractivity contribution is 5.94. The molecular formula is C16H19N3O2. The van der Waals surface area contributed by atoms with Crippen molar-refractivity contribution in [3.05, 3.63) is 48.5 Å². The van der Waals surface area contributed by atoms with Crippen LogP contribution in [0.2, 0.25) is 0 Å². The Morgan fingerprint density at radius 2 is 2.10 bits per heavy atom. The highest BCUT2D eigenvalue weighted by Crippen LogP contribution is 2.19. The molecule has 2 unspecified atom stereocenters. The Labute approximate surface area is 123 Å². The summed E-state index contributed by atoms with van der Waals surface area (Å²) in [6.07, 6.45) is 5.72. The topological polar surface area (TPSA) is 58.4 Å². The molecule has 1 N–H and O–H groups in total. The molecule has 3 rings (SSSR count). The monoisotopic (exact) mass is 285 g/mol. The number of benzene rings is 1. The lowest BCUT2D eigenvalue weighted by Crippen LogP contribution is -2.45. The van der Waals surface area contributed by atoms with Gasteiger partial charge >= 0.3 is 0 Å². The van der Waals surface area contributed by atoms with Crippen molar-refractivity contribution in [2.45, 2.75) is 19.4 Å². The van der Waals surface area contributed by atoms with E-state index in [-0.39, 0.29) is 11.8 Å². The first-order chi connectivity index (χ1) is 10.1. The minimum atomic E-state index is -0.423.